The molecule has 0 unspecified atom stereocenters. The van der Waals surface area contributed by atoms with Gasteiger partial charge in [0.05, 0.1) is 12.2 Å². The number of anilines is 1. The van der Waals surface area contributed by atoms with Gasteiger partial charge >= 0.3 is 0 Å². The van der Waals surface area contributed by atoms with Crippen LogP contribution in [0.15, 0.2) is 30.6 Å². The van der Waals surface area contributed by atoms with Gasteiger partial charge in [0, 0.05) is 34.8 Å². The molecule has 1 aliphatic heterocycles. The van der Waals surface area contributed by atoms with E-state index >= 15 is 0 Å². The van der Waals surface area contributed by atoms with Crippen LogP contribution in [0.3, 0.4) is 0 Å². The summed E-state index contributed by atoms with van der Waals surface area (Å²) in [5, 5.41) is 11.6. The largest absolute Gasteiger partial charge is 0.314 e. The van der Waals surface area contributed by atoms with Crippen LogP contribution in [0.4, 0.5) is 5.82 Å². The lowest BCUT2D eigenvalue weighted by atomic mass is 9.99. The lowest BCUT2D eigenvalue weighted by Crippen LogP contribution is -2.24. The summed E-state index contributed by atoms with van der Waals surface area (Å²) >= 11 is 0. The number of carbonyl (C=O) groups excluding carboxylic acids is 1. The van der Waals surface area contributed by atoms with E-state index in [-0.39, 0.29) is 17.4 Å². The lowest BCUT2D eigenvalue weighted by molar-refractivity contribution is 0.0996. The Labute approximate surface area is 188 Å². The van der Waals surface area contributed by atoms with E-state index < -0.39 is 0 Å². The molecule has 0 aromatic carbocycles. The Bertz CT molecular complexity index is 1180. The summed E-state index contributed by atoms with van der Waals surface area (Å²) in [5.74, 6) is 1.32. The molecule has 1 aliphatic carbocycles. The number of hydrogen-bond donors (Lipinski definition) is 1. The van der Waals surface area contributed by atoms with Crippen molar-refractivity contribution >= 4 is 11.7 Å². The van der Waals surface area contributed by atoms with Crippen molar-refractivity contribution in [1.82, 2.24) is 30.0 Å². The molecule has 2 aliphatic rings. The molecule has 32 heavy (non-hydrogen) atoms. The standard InChI is InChI=1S/C24H29N7O/c1-5-15(2)31-14-26-29-22(31)18-7-6-8-21(28-18)30-13-17-16(23(30)32)11-20(24(3)9-10-24)27-19(17)12-25-4/h6-8,11,14-15,25H,5,9-10,12-13H2,1-4H3/t15-/m1/s1. The average molecular weight is 432 g/mol. The zero-order chi connectivity index (χ0) is 22.5. The van der Waals surface area contributed by atoms with E-state index in [1.165, 1.54) is 0 Å². The van der Waals surface area contributed by atoms with Crippen molar-refractivity contribution in [2.75, 3.05) is 11.9 Å². The summed E-state index contributed by atoms with van der Waals surface area (Å²) in [7, 11) is 1.91. The minimum Gasteiger partial charge on any atom is -0.314 e. The van der Waals surface area contributed by atoms with Gasteiger partial charge in [0.25, 0.3) is 5.91 Å². The first kappa shape index (κ1) is 20.8. The molecule has 1 fully saturated rings. The van der Waals surface area contributed by atoms with E-state index in [2.05, 4.69) is 36.3 Å². The first-order valence-corrected chi connectivity index (χ1v) is 11.3. The molecule has 3 aromatic rings. The van der Waals surface area contributed by atoms with Crippen molar-refractivity contribution in [1.29, 1.82) is 0 Å². The molecule has 8 heteroatoms. The van der Waals surface area contributed by atoms with Gasteiger partial charge in [0.1, 0.15) is 17.8 Å². The Morgan fingerprint density at radius 3 is 2.78 bits per heavy atom. The molecular formula is C24H29N7O. The Hall–Kier alpha value is -3.13. The van der Waals surface area contributed by atoms with Crippen molar-refractivity contribution in [3.63, 3.8) is 0 Å². The van der Waals surface area contributed by atoms with Crippen molar-refractivity contribution in [3.8, 4) is 11.5 Å². The van der Waals surface area contributed by atoms with E-state index in [1.807, 2.05) is 35.9 Å². The molecule has 166 valence electrons. The highest BCUT2D eigenvalue weighted by molar-refractivity contribution is 6.09. The number of fused-ring (bicyclic) bond motifs is 1. The summed E-state index contributed by atoms with van der Waals surface area (Å²) in [4.78, 5) is 25.0. The van der Waals surface area contributed by atoms with Crippen LogP contribution in [0.2, 0.25) is 0 Å². The molecule has 0 spiro atoms. The minimum absolute atomic E-state index is 0.0155. The van der Waals surface area contributed by atoms with Crippen LogP contribution in [0.5, 0.6) is 0 Å². The molecular weight excluding hydrogens is 402 g/mol. The van der Waals surface area contributed by atoms with Crippen LogP contribution in [0.25, 0.3) is 11.5 Å². The molecule has 1 saturated carbocycles. The van der Waals surface area contributed by atoms with Gasteiger partial charge in [-0.25, -0.2) is 4.98 Å². The molecule has 0 radical (unpaired) electrons. The van der Waals surface area contributed by atoms with Gasteiger partial charge in [-0.3, -0.25) is 14.7 Å². The number of aromatic nitrogens is 5. The average Bonchev–Trinajstić information content (AvgIpc) is 3.22. The van der Waals surface area contributed by atoms with E-state index in [9.17, 15) is 4.79 Å². The van der Waals surface area contributed by atoms with Gasteiger partial charge in [0.15, 0.2) is 5.82 Å². The summed E-state index contributed by atoms with van der Waals surface area (Å²) in [6.45, 7) is 7.60. The van der Waals surface area contributed by atoms with Crippen molar-refractivity contribution < 1.29 is 4.79 Å². The number of carbonyl (C=O) groups is 1. The molecule has 0 bridgehead atoms. The van der Waals surface area contributed by atoms with Crippen LogP contribution in [-0.2, 0) is 18.5 Å². The van der Waals surface area contributed by atoms with Gasteiger partial charge in [-0.1, -0.05) is 19.9 Å². The smallest absolute Gasteiger partial charge is 0.260 e. The third-order valence-electron chi connectivity index (χ3n) is 6.84. The Balaban J connectivity index is 1.51. The number of rotatable bonds is 7. The monoisotopic (exact) mass is 431 g/mol. The zero-order valence-electron chi connectivity index (χ0n) is 19.1. The van der Waals surface area contributed by atoms with Gasteiger partial charge in [-0.2, -0.15) is 0 Å². The highest BCUT2D eigenvalue weighted by Gasteiger charge is 2.43. The van der Waals surface area contributed by atoms with Crippen LogP contribution < -0.4 is 10.2 Å². The molecule has 1 amide bonds. The molecule has 3 aromatic heterocycles. The number of amides is 1. The second kappa shape index (κ2) is 7.78. The molecule has 0 saturated heterocycles. The SMILES string of the molecule is CC[C@@H](C)n1cnnc1-c1cccc(N2Cc3c(cc(C4(C)CC4)nc3CNC)C2=O)n1. The molecule has 4 heterocycles. The summed E-state index contributed by atoms with van der Waals surface area (Å²) in [5.41, 5.74) is 4.54. The highest BCUT2D eigenvalue weighted by Crippen LogP contribution is 2.47. The van der Waals surface area contributed by atoms with Crippen LogP contribution in [-0.4, -0.2) is 37.7 Å². The second-order valence-corrected chi connectivity index (χ2v) is 9.16. The van der Waals surface area contributed by atoms with Gasteiger partial charge in [-0.15, -0.1) is 10.2 Å². The minimum atomic E-state index is -0.0155. The second-order valence-electron chi connectivity index (χ2n) is 9.16. The van der Waals surface area contributed by atoms with Gasteiger partial charge in [-0.05, 0) is 51.4 Å². The normalized spacial score (nSPS) is 17.5. The van der Waals surface area contributed by atoms with Crippen LogP contribution in [0, 0.1) is 0 Å². The Morgan fingerprint density at radius 1 is 1.25 bits per heavy atom. The van der Waals surface area contributed by atoms with E-state index in [0.717, 1.165) is 41.8 Å². The highest BCUT2D eigenvalue weighted by atomic mass is 16.2. The Morgan fingerprint density at radius 2 is 2.06 bits per heavy atom. The molecule has 5 rings (SSSR count). The zero-order valence-corrected chi connectivity index (χ0v) is 19.1. The van der Waals surface area contributed by atoms with Crippen molar-refractivity contribution in [2.24, 2.45) is 0 Å². The lowest BCUT2D eigenvalue weighted by Gasteiger charge is -2.17. The van der Waals surface area contributed by atoms with E-state index in [1.54, 1.807) is 11.2 Å². The number of nitrogens with one attached hydrogen (secondary N) is 1. The van der Waals surface area contributed by atoms with Crippen molar-refractivity contribution in [2.45, 2.75) is 64.6 Å². The van der Waals surface area contributed by atoms with Crippen molar-refractivity contribution in [3.05, 3.63) is 53.1 Å². The first-order valence-electron chi connectivity index (χ1n) is 11.3. The number of hydrogen-bond acceptors (Lipinski definition) is 6. The van der Waals surface area contributed by atoms with E-state index in [0.29, 0.717) is 30.4 Å². The van der Waals surface area contributed by atoms with Crippen LogP contribution >= 0.6 is 0 Å². The maximum absolute atomic E-state index is 13.5. The predicted molar refractivity (Wildman–Crippen MR) is 122 cm³/mol. The Kier molecular flexibility index (Phi) is 5.04. The molecule has 1 N–H and O–H groups in total. The first-order chi connectivity index (χ1) is 15.4. The quantitative estimate of drug-likeness (QED) is 0.614. The topological polar surface area (TPSA) is 88.8 Å². The fourth-order valence-corrected chi connectivity index (χ4v) is 4.26. The molecule has 1 atom stereocenters. The predicted octanol–water partition coefficient (Wildman–Crippen LogP) is 3.64. The fraction of sp³-hybridized carbons (Fsp3) is 0.458. The summed E-state index contributed by atoms with van der Waals surface area (Å²) < 4.78 is 2.03. The van der Waals surface area contributed by atoms with E-state index in [4.69, 9.17) is 9.97 Å². The van der Waals surface area contributed by atoms with Gasteiger partial charge in [0.2, 0.25) is 0 Å². The number of pyridine rings is 2. The number of nitrogens with zero attached hydrogens (tertiary/aromatic N) is 6. The summed E-state index contributed by atoms with van der Waals surface area (Å²) in [6.07, 6.45) is 4.95. The fourth-order valence-electron chi connectivity index (χ4n) is 4.26. The summed E-state index contributed by atoms with van der Waals surface area (Å²) in [6, 6.07) is 7.99. The van der Waals surface area contributed by atoms with Gasteiger partial charge < -0.3 is 9.88 Å². The maximum atomic E-state index is 13.5. The third-order valence-corrected chi connectivity index (χ3v) is 6.84. The third kappa shape index (κ3) is 3.39. The van der Waals surface area contributed by atoms with Crippen LogP contribution in [0.1, 0.15) is 73.4 Å². The molecule has 8 nitrogen and oxygen atoms in total. The maximum Gasteiger partial charge on any atom is 0.260 e.